The highest BCUT2D eigenvalue weighted by molar-refractivity contribution is 6.07. The molecule has 24 heavy (non-hydrogen) atoms. The lowest BCUT2D eigenvalue weighted by Gasteiger charge is -2.13. The second-order valence-corrected chi connectivity index (χ2v) is 5.22. The zero-order valence-corrected chi connectivity index (χ0v) is 13.0. The van der Waals surface area contributed by atoms with Crippen LogP contribution in [-0.4, -0.2) is 18.4 Å². The number of nitrogens with one attached hydrogen (secondary N) is 2. The summed E-state index contributed by atoms with van der Waals surface area (Å²) in [7, 11) is 0. The minimum Gasteiger partial charge on any atom is -0.330 e. The monoisotopic (exact) mass is 333 g/mol. The van der Waals surface area contributed by atoms with Crippen molar-refractivity contribution in [2.75, 3.05) is 17.2 Å². The van der Waals surface area contributed by atoms with Gasteiger partial charge in [-0.25, -0.2) is 8.78 Å². The van der Waals surface area contributed by atoms with Gasteiger partial charge in [-0.3, -0.25) is 9.59 Å². The molecular formula is C17H17F2N3O2. The van der Waals surface area contributed by atoms with Crippen molar-refractivity contribution < 1.29 is 18.4 Å². The number of halogens is 2. The molecule has 0 atom stereocenters. The van der Waals surface area contributed by atoms with Gasteiger partial charge in [0.05, 0.1) is 11.4 Å². The van der Waals surface area contributed by atoms with Crippen LogP contribution in [0.3, 0.4) is 0 Å². The topological polar surface area (TPSA) is 84.2 Å². The molecule has 0 saturated heterocycles. The van der Waals surface area contributed by atoms with E-state index >= 15 is 0 Å². The van der Waals surface area contributed by atoms with Crippen LogP contribution in [0.2, 0.25) is 0 Å². The summed E-state index contributed by atoms with van der Waals surface area (Å²) in [4.78, 5) is 23.9. The SMILES string of the molecule is Cc1ccc(NC(=O)c2ccc(F)c(F)c2)c(NC(=O)CCN)c1. The van der Waals surface area contributed by atoms with Crippen LogP contribution in [0.15, 0.2) is 36.4 Å². The molecule has 2 amide bonds. The predicted octanol–water partition coefficient (Wildman–Crippen LogP) is 2.81. The number of hydrogen-bond acceptors (Lipinski definition) is 3. The van der Waals surface area contributed by atoms with Gasteiger partial charge >= 0.3 is 0 Å². The minimum absolute atomic E-state index is 0.0336. The van der Waals surface area contributed by atoms with Crippen LogP contribution in [0.4, 0.5) is 20.2 Å². The molecule has 0 unspecified atom stereocenters. The second kappa shape index (κ2) is 7.65. The fourth-order valence-corrected chi connectivity index (χ4v) is 2.05. The summed E-state index contributed by atoms with van der Waals surface area (Å²) in [6.07, 6.45) is 0.143. The Morgan fingerprint density at radius 3 is 2.42 bits per heavy atom. The summed E-state index contributed by atoms with van der Waals surface area (Å²) >= 11 is 0. The Bertz CT molecular complexity index is 778. The highest BCUT2D eigenvalue weighted by Crippen LogP contribution is 2.24. The third kappa shape index (κ3) is 4.36. The Hall–Kier alpha value is -2.80. The molecule has 0 saturated carbocycles. The van der Waals surface area contributed by atoms with E-state index < -0.39 is 17.5 Å². The van der Waals surface area contributed by atoms with Gasteiger partial charge in [0.1, 0.15) is 0 Å². The van der Waals surface area contributed by atoms with E-state index in [1.807, 2.05) is 6.92 Å². The molecule has 0 radical (unpaired) electrons. The van der Waals surface area contributed by atoms with Crippen LogP contribution >= 0.6 is 0 Å². The molecule has 0 aliphatic rings. The van der Waals surface area contributed by atoms with E-state index in [0.29, 0.717) is 11.4 Å². The van der Waals surface area contributed by atoms with Crippen LogP contribution in [0.25, 0.3) is 0 Å². The number of nitrogens with two attached hydrogens (primary N) is 1. The van der Waals surface area contributed by atoms with E-state index in [9.17, 15) is 18.4 Å². The van der Waals surface area contributed by atoms with Gasteiger partial charge in [0.15, 0.2) is 11.6 Å². The standard InChI is InChI=1S/C17H17F2N3O2/c1-10-2-5-14(15(8-10)21-16(23)6-7-20)22-17(24)11-3-4-12(18)13(19)9-11/h2-5,8-9H,6-7,20H2,1H3,(H,21,23)(H,22,24). The van der Waals surface area contributed by atoms with Gasteiger partial charge in [-0.05, 0) is 42.8 Å². The van der Waals surface area contributed by atoms with Gasteiger partial charge in [-0.1, -0.05) is 6.07 Å². The first-order valence-electron chi connectivity index (χ1n) is 7.27. The largest absolute Gasteiger partial charge is 0.330 e. The van der Waals surface area contributed by atoms with Crippen LogP contribution < -0.4 is 16.4 Å². The van der Waals surface area contributed by atoms with E-state index in [0.717, 1.165) is 17.7 Å². The van der Waals surface area contributed by atoms with E-state index in [2.05, 4.69) is 10.6 Å². The first kappa shape index (κ1) is 17.6. The number of anilines is 2. The van der Waals surface area contributed by atoms with Gasteiger partial charge in [0.25, 0.3) is 5.91 Å². The number of carbonyl (C=O) groups excluding carboxylic acids is 2. The lowest BCUT2D eigenvalue weighted by Crippen LogP contribution is -2.19. The van der Waals surface area contributed by atoms with E-state index in [4.69, 9.17) is 5.73 Å². The molecule has 0 spiro atoms. The maximum atomic E-state index is 13.2. The van der Waals surface area contributed by atoms with Crippen LogP contribution in [0, 0.1) is 18.6 Å². The molecule has 126 valence electrons. The number of carbonyl (C=O) groups is 2. The summed E-state index contributed by atoms with van der Waals surface area (Å²) in [5.41, 5.74) is 6.94. The average Bonchev–Trinajstić information content (AvgIpc) is 2.52. The fourth-order valence-electron chi connectivity index (χ4n) is 2.05. The lowest BCUT2D eigenvalue weighted by molar-refractivity contribution is -0.116. The lowest BCUT2D eigenvalue weighted by atomic mass is 10.1. The molecule has 0 bridgehead atoms. The predicted molar refractivity (Wildman–Crippen MR) is 87.8 cm³/mol. The van der Waals surface area contributed by atoms with Gasteiger partial charge in [-0.2, -0.15) is 0 Å². The molecule has 4 N–H and O–H groups in total. The van der Waals surface area contributed by atoms with Gasteiger partial charge in [0, 0.05) is 18.5 Å². The maximum Gasteiger partial charge on any atom is 0.255 e. The van der Waals surface area contributed by atoms with Crippen LogP contribution in [0.1, 0.15) is 22.3 Å². The van der Waals surface area contributed by atoms with Crippen LogP contribution in [-0.2, 0) is 4.79 Å². The fraction of sp³-hybridized carbons (Fsp3) is 0.176. The summed E-state index contributed by atoms with van der Waals surface area (Å²) in [5.74, 6) is -3.04. The Balaban J connectivity index is 2.23. The van der Waals surface area contributed by atoms with Gasteiger partial charge < -0.3 is 16.4 Å². The maximum absolute atomic E-state index is 13.2. The van der Waals surface area contributed by atoms with E-state index in [1.54, 1.807) is 18.2 Å². The number of hydrogen-bond donors (Lipinski definition) is 3. The molecule has 0 aromatic heterocycles. The summed E-state index contributed by atoms with van der Waals surface area (Å²) < 4.78 is 26.2. The molecule has 7 heteroatoms. The highest BCUT2D eigenvalue weighted by atomic mass is 19.2. The molecule has 0 aliphatic heterocycles. The smallest absolute Gasteiger partial charge is 0.255 e. The highest BCUT2D eigenvalue weighted by Gasteiger charge is 2.13. The molecule has 0 aliphatic carbocycles. The Kier molecular flexibility index (Phi) is 5.59. The molecule has 0 heterocycles. The van der Waals surface area contributed by atoms with E-state index in [-0.39, 0.29) is 24.4 Å². The number of benzene rings is 2. The molecule has 2 aromatic carbocycles. The zero-order valence-electron chi connectivity index (χ0n) is 13.0. The van der Waals surface area contributed by atoms with Crippen molar-refractivity contribution in [2.45, 2.75) is 13.3 Å². The van der Waals surface area contributed by atoms with Crippen molar-refractivity contribution in [3.05, 3.63) is 59.2 Å². The van der Waals surface area contributed by atoms with Gasteiger partial charge in [-0.15, -0.1) is 0 Å². The summed E-state index contributed by atoms with van der Waals surface area (Å²) in [5, 5.41) is 5.24. The average molecular weight is 333 g/mol. The van der Waals surface area contributed by atoms with Crippen molar-refractivity contribution in [1.29, 1.82) is 0 Å². The second-order valence-electron chi connectivity index (χ2n) is 5.22. The molecule has 0 fully saturated rings. The summed E-state index contributed by atoms with van der Waals surface area (Å²) in [6, 6.07) is 7.92. The van der Waals surface area contributed by atoms with Crippen molar-refractivity contribution in [1.82, 2.24) is 0 Å². The molecule has 5 nitrogen and oxygen atoms in total. The molecule has 2 rings (SSSR count). The summed E-state index contributed by atoms with van der Waals surface area (Å²) in [6.45, 7) is 2.04. The number of rotatable bonds is 5. The minimum atomic E-state index is -1.11. The first-order chi connectivity index (χ1) is 11.4. The van der Waals surface area contributed by atoms with Gasteiger partial charge in [0.2, 0.25) is 5.91 Å². The third-order valence-electron chi connectivity index (χ3n) is 3.25. The molecular weight excluding hydrogens is 316 g/mol. The Labute approximate surface area is 137 Å². The number of aryl methyl sites for hydroxylation is 1. The van der Waals surface area contributed by atoms with Crippen molar-refractivity contribution >= 4 is 23.2 Å². The number of amides is 2. The first-order valence-corrected chi connectivity index (χ1v) is 7.27. The van der Waals surface area contributed by atoms with Crippen molar-refractivity contribution in [3.8, 4) is 0 Å². The zero-order chi connectivity index (χ0) is 17.7. The Morgan fingerprint density at radius 2 is 1.75 bits per heavy atom. The van der Waals surface area contributed by atoms with Crippen molar-refractivity contribution in [3.63, 3.8) is 0 Å². The third-order valence-corrected chi connectivity index (χ3v) is 3.25. The van der Waals surface area contributed by atoms with Crippen LogP contribution in [0.5, 0.6) is 0 Å². The normalized spacial score (nSPS) is 10.3. The quantitative estimate of drug-likeness (QED) is 0.787. The molecule has 2 aromatic rings. The van der Waals surface area contributed by atoms with E-state index in [1.165, 1.54) is 6.07 Å². The Morgan fingerprint density at radius 1 is 1.00 bits per heavy atom. The van der Waals surface area contributed by atoms with Crippen molar-refractivity contribution in [2.24, 2.45) is 5.73 Å².